The molecule has 52 heavy (non-hydrogen) atoms. The lowest BCUT2D eigenvalue weighted by Gasteiger charge is -2.49. The van der Waals surface area contributed by atoms with E-state index < -0.39 is 107 Å². The molecule has 0 aromatic carbocycles. The molecule has 18 atom stereocenters. The Balaban J connectivity index is 2.23. The Hall–Kier alpha value is -1.59. The summed E-state index contributed by atoms with van der Waals surface area (Å²) >= 11 is 0. The number of hydrogen-bond acceptors (Lipinski definition) is 14. The second-order valence-electron chi connectivity index (χ2n) is 16.7. The molecule has 0 spiro atoms. The van der Waals surface area contributed by atoms with Crippen LogP contribution in [0.3, 0.4) is 0 Å². The summed E-state index contributed by atoms with van der Waals surface area (Å²) in [5, 5.41) is 45.4. The Kier molecular flexibility index (Phi) is 15.1. The molecule has 14 nitrogen and oxygen atoms in total. The Morgan fingerprint density at radius 1 is 0.923 bits per heavy atom. The molecule has 0 amide bonds. The van der Waals surface area contributed by atoms with Crippen LogP contribution in [0, 0.1) is 29.1 Å². The molecule has 3 aliphatic heterocycles. The van der Waals surface area contributed by atoms with Crippen molar-refractivity contribution in [2.24, 2.45) is 29.1 Å². The number of ether oxygens (including phenoxy) is 6. The van der Waals surface area contributed by atoms with Crippen molar-refractivity contribution in [3.05, 3.63) is 0 Å². The van der Waals surface area contributed by atoms with E-state index in [9.17, 15) is 34.8 Å². The number of aldehydes is 1. The molecule has 302 valence electrons. The highest BCUT2D eigenvalue weighted by Crippen LogP contribution is 2.43. The molecule has 3 heterocycles. The summed E-state index contributed by atoms with van der Waals surface area (Å²) in [5.41, 5.74) is -4.49. The van der Waals surface area contributed by atoms with Gasteiger partial charge in [0.2, 0.25) is 0 Å². The van der Waals surface area contributed by atoms with Crippen LogP contribution in [-0.4, -0.2) is 143 Å². The van der Waals surface area contributed by atoms with Crippen molar-refractivity contribution in [3.63, 3.8) is 0 Å². The lowest BCUT2D eigenvalue weighted by atomic mass is 9.69. The van der Waals surface area contributed by atoms with Gasteiger partial charge in [0.25, 0.3) is 0 Å². The predicted octanol–water partition coefficient (Wildman–Crippen LogP) is 2.24. The number of nitrogens with zero attached hydrogens (tertiary/aromatic N) is 1. The van der Waals surface area contributed by atoms with Gasteiger partial charge >= 0.3 is 5.97 Å². The van der Waals surface area contributed by atoms with E-state index in [1.54, 1.807) is 48.5 Å². The van der Waals surface area contributed by atoms with Crippen molar-refractivity contribution in [1.29, 1.82) is 0 Å². The monoisotopic (exact) mass is 745 g/mol. The van der Waals surface area contributed by atoms with Gasteiger partial charge in [0.1, 0.15) is 36.0 Å². The topological polar surface area (TPSA) is 191 Å². The second kappa shape index (κ2) is 17.5. The molecule has 8 unspecified atom stereocenters. The van der Waals surface area contributed by atoms with E-state index in [1.807, 2.05) is 25.9 Å². The zero-order chi connectivity index (χ0) is 39.7. The first kappa shape index (κ1) is 44.8. The van der Waals surface area contributed by atoms with Crippen LogP contribution in [0.5, 0.6) is 0 Å². The Labute approximate surface area is 309 Å². The minimum Gasteiger partial charge on any atom is -0.459 e. The molecule has 0 aliphatic carbocycles. The highest BCUT2D eigenvalue weighted by molar-refractivity contribution is 5.84. The zero-order valence-corrected chi connectivity index (χ0v) is 33.5. The Morgan fingerprint density at radius 3 is 2.08 bits per heavy atom. The Morgan fingerprint density at radius 2 is 1.54 bits per heavy atom. The van der Waals surface area contributed by atoms with Crippen LogP contribution >= 0.6 is 0 Å². The van der Waals surface area contributed by atoms with Gasteiger partial charge in [-0.05, 0) is 68.0 Å². The third kappa shape index (κ3) is 9.26. The molecule has 0 aromatic rings. The summed E-state index contributed by atoms with van der Waals surface area (Å²) in [6, 6.07) is -0.331. The van der Waals surface area contributed by atoms with Crippen molar-refractivity contribution in [3.8, 4) is 0 Å². The maximum Gasteiger partial charge on any atom is 0.311 e. The number of cyclic esters (lactones) is 1. The number of carbonyl (C=O) groups excluding carboxylic acids is 3. The van der Waals surface area contributed by atoms with Crippen LogP contribution < -0.4 is 0 Å². The van der Waals surface area contributed by atoms with Gasteiger partial charge in [-0.2, -0.15) is 0 Å². The summed E-state index contributed by atoms with van der Waals surface area (Å²) < 4.78 is 37.3. The first-order valence-corrected chi connectivity index (χ1v) is 18.8. The van der Waals surface area contributed by atoms with Crippen molar-refractivity contribution in [2.45, 2.75) is 174 Å². The highest BCUT2D eigenvalue weighted by atomic mass is 16.7. The fraction of sp³-hybridized carbons (Fsp3) is 0.921. The minimum atomic E-state index is -2.00. The number of likely N-dealkylation sites (N-methyl/N-ethyl adjacent to an activating group) is 1. The molecule has 0 saturated carbocycles. The molecule has 3 fully saturated rings. The van der Waals surface area contributed by atoms with Crippen LogP contribution in [0.1, 0.15) is 94.9 Å². The smallest absolute Gasteiger partial charge is 0.311 e. The quantitative estimate of drug-likeness (QED) is 0.209. The molecule has 0 radical (unpaired) electrons. The van der Waals surface area contributed by atoms with E-state index in [2.05, 4.69) is 0 Å². The van der Waals surface area contributed by atoms with Crippen LogP contribution in [0.25, 0.3) is 0 Å². The average Bonchev–Trinajstić information content (AvgIpc) is 3.09. The average molecular weight is 746 g/mol. The molecular formula is C38H67NO13. The number of carbonyl (C=O) groups is 3. The summed E-state index contributed by atoms with van der Waals surface area (Å²) in [6.07, 6.45) is -8.86. The van der Waals surface area contributed by atoms with Gasteiger partial charge in [-0.1, -0.05) is 34.6 Å². The van der Waals surface area contributed by atoms with Gasteiger partial charge in [-0.3, -0.25) is 9.59 Å². The number of Topliss-reactive ketones (excluding diaryl/α,β-unsaturated/α-hetero) is 1. The molecular weight excluding hydrogens is 678 g/mol. The van der Waals surface area contributed by atoms with Crippen LogP contribution in [0.15, 0.2) is 0 Å². The van der Waals surface area contributed by atoms with Gasteiger partial charge in [0.15, 0.2) is 12.6 Å². The standard InChI is InChI=1S/C38H67NO13/c1-14-26-38(10,46)31(43)21(4)28(41)19(2)16-36(8,18-40)33(52-35-29(42)25(39(11)12)15-20(3)48-35)22(5)30(23(6)34(45)50-26)51-27-17-37(9,47-13)32(44)24(7)49-27/h18-27,29-33,35,42-44,46H,14-17H2,1-13H3/t19-,20?,21+,22+,23-,24?,25?,26-,27?,29?,30+,31-,32?,33-,35?,36+,37?,38-/m1/s1. The van der Waals surface area contributed by atoms with Gasteiger partial charge < -0.3 is 58.5 Å². The molecule has 14 heteroatoms. The molecule has 0 bridgehead atoms. The lowest BCUT2D eigenvalue weighted by molar-refractivity contribution is -0.312. The van der Waals surface area contributed by atoms with E-state index in [4.69, 9.17) is 28.4 Å². The molecule has 0 aromatic heterocycles. The van der Waals surface area contributed by atoms with E-state index in [-0.39, 0.29) is 31.4 Å². The fourth-order valence-electron chi connectivity index (χ4n) is 8.61. The van der Waals surface area contributed by atoms with Gasteiger partial charge in [-0.25, -0.2) is 0 Å². The summed E-state index contributed by atoms with van der Waals surface area (Å²) in [4.78, 5) is 43.3. The maximum absolute atomic E-state index is 14.1. The van der Waals surface area contributed by atoms with E-state index in [0.29, 0.717) is 12.7 Å². The summed E-state index contributed by atoms with van der Waals surface area (Å²) in [6.45, 7) is 16.5. The molecule has 3 rings (SSSR count). The van der Waals surface area contributed by atoms with Crippen LogP contribution in [-0.2, 0) is 42.8 Å². The highest BCUT2D eigenvalue weighted by Gasteiger charge is 2.54. The van der Waals surface area contributed by atoms with Crippen molar-refractivity contribution in [1.82, 2.24) is 4.90 Å². The second-order valence-corrected chi connectivity index (χ2v) is 16.7. The first-order chi connectivity index (χ1) is 24.0. The third-order valence-electron chi connectivity index (χ3n) is 12.2. The van der Waals surface area contributed by atoms with Crippen molar-refractivity contribution < 1.29 is 63.2 Å². The number of aliphatic hydroxyl groups excluding tert-OH is 3. The zero-order valence-electron chi connectivity index (χ0n) is 33.5. The van der Waals surface area contributed by atoms with E-state index >= 15 is 0 Å². The number of hydrogen-bond donors (Lipinski definition) is 4. The number of rotatable bonds is 8. The fourth-order valence-corrected chi connectivity index (χ4v) is 8.61. The summed E-state index contributed by atoms with van der Waals surface area (Å²) in [5.74, 6) is -4.93. The summed E-state index contributed by atoms with van der Waals surface area (Å²) in [7, 11) is 5.17. The van der Waals surface area contributed by atoms with E-state index in [1.165, 1.54) is 21.0 Å². The van der Waals surface area contributed by atoms with Gasteiger partial charge in [0.05, 0.1) is 47.5 Å². The number of ketones is 1. The van der Waals surface area contributed by atoms with Crippen molar-refractivity contribution in [2.75, 3.05) is 21.2 Å². The maximum atomic E-state index is 14.1. The first-order valence-electron chi connectivity index (χ1n) is 18.8. The van der Waals surface area contributed by atoms with Crippen LogP contribution in [0.2, 0.25) is 0 Å². The Bertz CT molecular complexity index is 1220. The predicted molar refractivity (Wildman–Crippen MR) is 190 cm³/mol. The van der Waals surface area contributed by atoms with Gasteiger partial charge in [0, 0.05) is 37.3 Å². The third-order valence-corrected chi connectivity index (χ3v) is 12.2. The SMILES string of the molecule is CC[C@H]1OC(=O)[C@H](C)[C@@H](OC2CC(C)(OC)C(O)C(C)O2)[C@H](C)[C@@H](OC2OC(C)CC(N(C)C)C2O)[C@](C)(C=O)C[C@@H](C)C(=O)[C@H](C)[C@@H](O)[C@]1(C)O. The van der Waals surface area contributed by atoms with Crippen molar-refractivity contribution >= 4 is 18.0 Å². The van der Waals surface area contributed by atoms with Gasteiger partial charge in [-0.15, -0.1) is 0 Å². The lowest BCUT2D eigenvalue weighted by Crippen LogP contribution is -2.60. The number of aliphatic hydroxyl groups is 4. The largest absolute Gasteiger partial charge is 0.459 e. The normalized spacial score (nSPS) is 48.9. The van der Waals surface area contributed by atoms with Crippen LogP contribution in [0.4, 0.5) is 0 Å². The molecule has 3 saturated heterocycles. The molecule has 3 aliphatic rings. The molecule has 4 N–H and O–H groups in total. The van der Waals surface area contributed by atoms with E-state index in [0.717, 1.165) is 0 Å². The number of esters is 1. The number of methoxy groups -OCH3 is 1. The minimum absolute atomic E-state index is 0.0350.